The van der Waals surface area contributed by atoms with Crippen LogP contribution in [0.1, 0.15) is 47.7 Å². The van der Waals surface area contributed by atoms with Gasteiger partial charge in [0.25, 0.3) is 5.91 Å². The Labute approximate surface area is 203 Å². The molecular formula is C23H25F6N3O2S. The van der Waals surface area contributed by atoms with Gasteiger partial charge in [-0.1, -0.05) is 19.4 Å². The first-order valence-electron chi connectivity index (χ1n) is 11.0. The average Bonchev–Trinajstić information content (AvgIpc) is 2.78. The van der Waals surface area contributed by atoms with Crippen molar-refractivity contribution < 1.29 is 35.9 Å². The number of hydrazine groups is 1. The minimum absolute atomic E-state index is 0.0857. The van der Waals surface area contributed by atoms with Gasteiger partial charge in [0.15, 0.2) is 0 Å². The topological polar surface area (TPSA) is 53.6 Å². The fourth-order valence-electron chi connectivity index (χ4n) is 3.76. The van der Waals surface area contributed by atoms with E-state index in [1.165, 1.54) is 30.0 Å². The van der Waals surface area contributed by atoms with E-state index < -0.39 is 29.8 Å². The Morgan fingerprint density at radius 1 is 1.03 bits per heavy atom. The van der Waals surface area contributed by atoms with E-state index >= 15 is 0 Å². The van der Waals surface area contributed by atoms with Crippen molar-refractivity contribution >= 4 is 23.4 Å². The Kier molecular flexibility index (Phi) is 8.81. The van der Waals surface area contributed by atoms with Gasteiger partial charge in [0, 0.05) is 23.1 Å². The third kappa shape index (κ3) is 7.96. The SMILES string of the molecule is CCSc1ccc(OC(F)(F)F)cc1NNC(=O)c1ccc(CN2CCCCC2)c(C(F)(F)F)c1. The number of nitrogens with zero attached hydrogens (tertiary/aromatic N) is 1. The molecule has 2 aromatic rings. The summed E-state index contributed by atoms with van der Waals surface area (Å²) >= 11 is 1.30. The van der Waals surface area contributed by atoms with Gasteiger partial charge in [-0.15, -0.1) is 24.9 Å². The van der Waals surface area contributed by atoms with Crippen LogP contribution in [-0.4, -0.2) is 36.0 Å². The number of halogens is 6. The molecule has 2 N–H and O–H groups in total. The molecule has 1 fully saturated rings. The van der Waals surface area contributed by atoms with Crippen molar-refractivity contribution in [3.63, 3.8) is 0 Å². The number of benzene rings is 2. The Balaban J connectivity index is 1.77. The smallest absolute Gasteiger partial charge is 0.406 e. The quantitative estimate of drug-likeness (QED) is 0.237. The summed E-state index contributed by atoms with van der Waals surface area (Å²) in [6, 6.07) is 6.96. The maximum Gasteiger partial charge on any atom is 0.573 e. The summed E-state index contributed by atoms with van der Waals surface area (Å²) < 4.78 is 82.8. The first kappa shape index (κ1) is 27.0. The number of nitrogens with one attached hydrogen (secondary N) is 2. The molecule has 0 atom stereocenters. The fourth-order valence-corrected chi connectivity index (χ4v) is 4.50. The van der Waals surface area contributed by atoms with Crippen LogP contribution in [0.3, 0.4) is 0 Å². The maximum absolute atomic E-state index is 13.7. The molecular weight excluding hydrogens is 496 g/mol. The van der Waals surface area contributed by atoms with Gasteiger partial charge < -0.3 is 4.74 Å². The molecule has 1 aliphatic heterocycles. The second-order valence-corrected chi connectivity index (χ2v) is 9.23. The lowest BCUT2D eigenvalue weighted by Crippen LogP contribution is -2.31. The van der Waals surface area contributed by atoms with E-state index in [1.807, 2.05) is 11.8 Å². The number of hydrogen-bond donors (Lipinski definition) is 2. The third-order valence-electron chi connectivity index (χ3n) is 5.32. The van der Waals surface area contributed by atoms with E-state index in [2.05, 4.69) is 15.6 Å². The molecule has 0 radical (unpaired) electrons. The van der Waals surface area contributed by atoms with Crippen LogP contribution < -0.4 is 15.6 Å². The van der Waals surface area contributed by atoms with Crippen molar-refractivity contribution in [2.75, 3.05) is 24.3 Å². The van der Waals surface area contributed by atoms with Crippen molar-refractivity contribution in [3.8, 4) is 5.75 Å². The molecule has 0 spiro atoms. The second-order valence-electron chi connectivity index (χ2n) is 7.92. The Bertz CT molecular complexity index is 1020. The lowest BCUT2D eigenvalue weighted by atomic mass is 10.0. The fraction of sp³-hybridized carbons (Fsp3) is 0.435. The van der Waals surface area contributed by atoms with Crippen LogP contribution in [0.15, 0.2) is 41.3 Å². The molecule has 0 aromatic heterocycles. The highest BCUT2D eigenvalue weighted by molar-refractivity contribution is 7.99. The number of rotatable bonds is 8. The molecule has 12 heteroatoms. The van der Waals surface area contributed by atoms with Crippen molar-refractivity contribution in [3.05, 3.63) is 53.1 Å². The van der Waals surface area contributed by atoms with Crippen molar-refractivity contribution in [2.45, 2.75) is 50.2 Å². The predicted molar refractivity (Wildman–Crippen MR) is 121 cm³/mol. The molecule has 0 aliphatic carbocycles. The molecule has 0 saturated carbocycles. The van der Waals surface area contributed by atoms with Gasteiger partial charge in [0.2, 0.25) is 0 Å². The highest BCUT2D eigenvalue weighted by Crippen LogP contribution is 2.35. The number of amides is 1. The molecule has 0 unspecified atom stereocenters. The third-order valence-corrected chi connectivity index (χ3v) is 6.27. The number of carbonyl (C=O) groups is 1. The highest BCUT2D eigenvalue weighted by atomic mass is 32.2. The molecule has 192 valence electrons. The lowest BCUT2D eigenvalue weighted by molar-refractivity contribution is -0.274. The zero-order valence-electron chi connectivity index (χ0n) is 18.9. The van der Waals surface area contributed by atoms with Crippen molar-refractivity contribution in [2.24, 2.45) is 0 Å². The van der Waals surface area contributed by atoms with Crippen LogP contribution in [0.25, 0.3) is 0 Å². The molecule has 1 aliphatic rings. The van der Waals surface area contributed by atoms with Gasteiger partial charge in [0.05, 0.1) is 11.3 Å². The minimum atomic E-state index is -4.90. The molecule has 1 amide bonds. The van der Waals surface area contributed by atoms with Crippen LogP contribution in [-0.2, 0) is 12.7 Å². The summed E-state index contributed by atoms with van der Waals surface area (Å²) in [6.07, 6.45) is -6.63. The highest BCUT2D eigenvalue weighted by Gasteiger charge is 2.35. The summed E-state index contributed by atoms with van der Waals surface area (Å²) in [5.74, 6) is -0.777. The predicted octanol–water partition coefficient (Wildman–Crippen LogP) is 6.46. The number of likely N-dealkylation sites (tertiary alicyclic amines) is 1. The largest absolute Gasteiger partial charge is 0.573 e. The van der Waals surface area contributed by atoms with E-state index in [-0.39, 0.29) is 23.4 Å². The van der Waals surface area contributed by atoms with Gasteiger partial charge in [-0.3, -0.25) is 20.5 Å². The van der Waals surface area contributed by atoms with Gasteiger partial charge in [0.1, 0.15) is 5.75 Å². The van der Waals surface area contributed by atoms with E-state index in [9.17, 15) is 31.1 Å². The molecule has 1 heterocycles. The van der Waals surface area contributed by atoms with Crippen LogP contribution in [0.5, 0.6) is 5.75 Å². The van der Waals surface area contributed by atoms with Gasteiger partial charge in [-0.25, -0.2) is 0 Å². The van der Waals surface area contributed by atoms with Crippen LogP contribution in [0, 0.1) is 0 Å². The molecule has 5 nitrogen and oxygen atoms in total. The Morgan fingerprint density at radius 3 is 2.37 bits per heavy atom. The van der Waals surface area contributed by atoms with E-state index in [0.717, 1.165) is 50.6 Å². The number of hydrogen-bond acceptors (Lipinski definition) is 5. The van der Waals surface area contributed by atoms with Gasteiger partial charge in [-0.05, 0) is 61.5 Å². The Hall–Kier alpha value is -2.60. The second kappa shape index (κ2) is 11.4. The number of thioether (sulfide) groups is 1. The average molecular weight is 522 g/mol. The normalized spacial score (nSPS) is 15.1. The monoisotopic (exact) mass is 521 g/mol. The molecule has 2 aromatic carbocycles. The lowest BCUT2D eigenvalue weighted by Gasteiger charge is -2.27. The van der Waals surface area contributed by atoms with Crippen LogP contribution in [0.4, 0.5) is 32.0 Å². The standard InChI is InChI=1S/C23H25F6N3O2S/c1-2-35-20-9-8-17(34-23(27,28)29)13-19(20)30-31-21(33)15-6-7-16(18(12-15)22(24,25)26)14-32-10-4-3-5-11-32/h6-9,12-13,30H,2-5,10-11,14H2,1H3,(H,31,33). The van der Waals surface area contributed by atoms with E-state index in [4.69, 9.17) is 0 Å². The summed E-state index contributed by atoms with van der Waals surface area (Å²) in [7, 11) is 0. The van der Waals surface area contributed by atoms with Gasteiger partial charge >= 0.3 is 12.5 Å². The van der Waals surface area contributed by atoms with Crippen LogP contribution >= 0.6 is 11.8 Å². The summed E-state index contributed by atoms with van der Waals surface area (Å²) in [5.41, 5.74) is 3.85. The van der Waals surface area contributed by atoms with Crippen LogP contribution in [0.2, 0.25) is 0 Å². The minimum Gasteiger partial charge on any atom is -0.406 e. The zero-order chi connectivity index (χ0) is 25.6. The molecule has 0 bridgehead atoms. The molecule has 3 rings (SSSR count). The number of alkyl halides is 6. The molecule has 35 heavy (non-hydrogen) atoms. The summed E-state index contributed by atoms with van der Waals surface area (Å²) in [4.78, 5) is 15.1. The summed E-state index contributed by atoms with van der Waals surface area (Å²) in [5, 5.41) is 0. The van der Waals surface area contributed by atoms with E-state index in [0.29, 0.717) is 10.6 Å². The summed E-state index contributed by atoms with van der Waals surface area (Å²) in [6.45, 7) is 3.41. The van der Waals surface area contributed by atoms with E-state index in [1.54, 1.807) is 0 Å². The first-order chi connectivity index (χ1) is 16.5. The Morgan fingerprint density at radius 2 is 1.74 bits per heavy atom. The van der Waals surface area contributed by atoms with Crippen molar-refractivity contribution in [1.29, 1.82) is 0 Å². The molecule has 1 saturated heterocycles. The number of piperidine rings is 1. The number of anilines is 1. The maximum atomic E-state index is 13.7. The number of carbonyl (C=O) groups excluding carboxylic acids is 1. The van der Waals surface area contributed by atoms with Crippen molar-refractivity contribution in [1.82, 2.24) is 10.3 Å². The zero-order valence-corrected chi connectivity index (χ0v) is 19.7. The van der Waals surface area contributed by atoms with Gasteiger partial charge in [-0.2, -0.15) is 13.2 Å². The number of ether oxygens (including phenoxy) is 1. The first-order valence-corrected chi connectivity index (χ1v) is 12.0.